The van der Waals surface area contributed by atoms with Gasteiger partial charge in [0.15, 0.2) is 0 Å². The quantitative estimate of drug-likeness (QED) is 0.863. The van der Waals surface area contributed by atoms with Crippen LogP contribution < -0.4 is 5.73 Å². The number of nitrogens with two attached hydrogens (primary N) is 1. The number of sulfonamides is 1. The smallest absolute Gasteiger partial charge is 0.397 e. The van der Waals surface area contributed by atoms with Gasteiger partial charge in [0.1, 0.15) is 6.54 Å². The molecule has 0 amide bonds. The Hall–Kier alpha value is -0.990. The van der Waals surface area contributed by atoms with Crippen LogP contribution in [0, 0.1) is 6.92 Å². The van der Waals surface area contributed by atoms with Crippen LogP contribution >= 0.6 is 11.6 Å². The van der Waals surface area contributed by atoms with Crippen LogP contribution in [0.3, 0.4) is 0 Å². The third-order valence-electron chi connectivity index (χ3n) is 2.60. The maximum absolute atomic E-state index is 12.4. The molecule has 0 fully saturated rings. The second kappa shape index (κ2) is 5.79. The van der Waals surface area contributed by atoms with E-state index in [0.717, 1.165) is 6.07 Å². The molecule has 1 aromatic rings. The highest BCUT2D eigenvalue weighted by atomic mass is 35.5. The maximum Gasteiger partial charge on any atom is 0.402 e. The number of nitrogen functional groups attached to an aromatic ring is 1. The summed E-state index contributed by atoms with van der Waals surface area (Å²) >= 11 is 5.81. The number of hydrogen-bond acceptors (Lipinski definition) is 3. The van der Waals surface area contributed by atoms with Gasteiger partial charge in [0.05, 0.1) is 15.6 Å². The summed E-state index contributed by atoms with van der Waals surface area (Å²) in [5, 5.41) is 0.183. The van der Waals surface area contributed by atoms with Crippen molar-refractivity contribution >= 4 is 27.3 Å². The molecule has 114 valence electrons. The highest BCUT2D eigenvalue weighted by Crippen LogP contribution is 2.29. The van der Waals surface area contributed by atoms with E-state index in [0.29, 0.717) is 9.87 Å². The standard InChI is InChI=1S/C11H14ClF3N2O2S/c1-3-17(6-11(13,14)15)20(18,19)8-4-7(2)10(12)9(16)5-8/h4-5H,3,6,16H2,1-2H3. The first-order valence-corrected chi connectivity index (χ1v) is 7.43. The molecule has 4 nitrogen and oxygen atoms in total. The van der Waals surface area contributed by atoms with Gasteiger partial charge in [-0.25, -0.2) is 8.42 Å². The van der Waals surface area contributed by atoms with Gasteiger partial charge in [0, 0.05) is 6.54 Å². The van der Waals surface area contributed by atoms with E-state index in [2.05, 4.69) is 0 Å². The summed E-state index contributed by atoms with van der Waals surface area (Å²) in [6, 6.07) is 2.26. The molecule has 0 unspecified atom stereocenters. The second-order valence-electron chi connectivity index (χ2n) is 4.19. The fourth-order valence-corrected chi connectivity index (χ4v) is 3.29. The van der Waals surface area contributed by atoms with Gasteiger partial charge in [-0.15, -0.1) is 0 Å². The van der Waals surface area contributed by atoms with Crippen LogP contribution in [-0.4, -0.2) is 32.0 Å². The van der Waals surface area contributed by atoms with Crippen LogP contribution in [0.15, 0.2) is 17.0 Å². The lowest BCUT2D eigenvalue weighted by Gasteiger charge is -2.22. The van der Waals surface area contributed by atoms with Gasteiger partial charge in [-0.1, -0.05) is 18.5 Å². The lowest BCUT2D eigenvalue weighted by molar-refractivity contribution is -0.135. The highest BCUT2D eigenvalue weighted by molar-refractivity contribution is 7.89. The largest absolute Gasteiger partial charge is 0.402 e. The molecule has 0 saturated carbocycles. The SMILES string of the molecule is CCN(CC(F)(F)F)S(=O)(=O)c1cc(C)c(Cl)c(N)c1. The lowest BCUT2D eigenvalue weighted by atomic mass is 10.2. The van der Waals surface area contributed by atoms with E-state index in [-0.39, 0.29) is 22.2 Å². The molecule has 0 atom stereocenters. The van der Waals surface area contributed by atoms with Crippen LogP contribution in [0.4, 0.5) is 18.9 Å². The van der Waals surface area contributed by atoms with E-state index >= 15 is 0 Å². The Balaban J connectivity index is 3.28. The molecule has 0 bridgehead atoms. The predicted molar refractivity (Wildman–Crippen MR) is 71.1 cm³/mol. The Labute approximate surface area is 120 Å². The molecule has 1 rings (SSSR count). The van der Waals surface area contributed by atoms with Gasteiger partial charge in [0.25, 0.3) is 0 Å². The van der Waals surface area contributed by atoms with Gasteiger partial charge in [-0.3, -0.25) is 0 Å². The molecule has 9 heteroatoms. The Morgan fingerprint density at radius 1 is 1.35 bits per heavy atom. The normalized spacial score (nSPS) is 12.9. The third-order valence-corrected chi connectivity index (χ3v) is 5.02. The summed E-state index contributed by atoms with van der Waals surface area (Å²) < 4.78 is 61.9. The molecule has 0 aliphatic heterocycles. The first-order valence-electron chi connectivity index (χ1n) is 5.61. The van der Waals surface area contributed by atoms with E-state index in [9.17, 15) is 21.6 Å². The molecule has 1 aromatic carbocycles. The van der Waals surface area contributed by atoms with Crippen LogP contribution in [-0.2, 0) is 10.0 Å². The van der Waals surface area contributed by atoms with Crippen molar-refractivity contribution in [3.63, 3.8) is 0 Å². The summed E-state index contributed by atoms with van der Waals surface area (Å²) in [6.45, 7) is 1.00. The highest BCUT2D eigenvalue weighted by Gasteiger charge is 2.36. The summed E-state index contributed by atoms with van der Waals surface area (Å²) in [7, 11) is -4.27. The number of benzene rings is 1. The minimum absolute atomic E-state index is 0.00769. The molecule has 20 heavy (non-hydrogen) atoms. The molecule has 0 aliphatic rings. The number of anilines is 1. The maximum atomic E-state index is 12.4. The molecule has 0 spiro atoms. The zero-order valence-electron chi connectivity index (χ0n) is 10.8. The van der Waals surface area contributed by atoms with Gasteiger partial charge in [-0.2, -0.15) is 17.5 Å². The number of rotatable bonds is 4. The van der Waals surface area contributed by atoms with E-state index in [1.807, 2.05) is 0 Å². The van der Waals surface area contributed by atoms with Crippen LogP contribution in [0.1, 0.15) is 12.5 Å². The predicted octanol–water partition coefficient (Wildman–Crippen LogP) is 2.80. The Morgan fingerprint density at radius 3 is 2.30 bits per heavy atom. The zero-order valence-corrected chi connectivity index (χ0v) is 12.4. The minimum Gasteiger partial charge on any atom is -0.397 e. The molecule has 0 radical (unpaired) electrons. The topological polar surface area (TPSA) is 63.4 Å². The Bertz CT molecular complexity index is 579. The van der Waals surface area contributed by atoms with E-state index in [4.69, 9.17) is 17.3 Å². The summed E-state index contributed by atoms with van der Waals surface area (Å²) in [5.41, 5.74) is 5.94. The summed E-state index contributed by atoms with van der Waals surface area (Å²) in [6.07, 6.45) is -4.61. The van der Waals surface area contributed by atoms with Crippen molar-refractivity contribution in [1.29, 1.82) is 0 Å². The first-order chi connectivity index (χ1) is 8.99. The fourth-order valence-electron chi connectivity index (χ4n) is 1.63. The number of nitrogens with zero attached hydrogens (tertiary/aromatic N) is 1. The van der Waals surface area contributed by atoms with Crippen molar-refractivity contribution < 1.29 is 21.6 Å². The molecule has 0 aliphatic carbocycles. The van der Waals surface area contributed by atoms with Crippen molar-refractivity contribution in [1.82, 2.24) is 4.31 Å². The fraction of sp³-hybridized carbons (Fsp3) is 0.455. The average Bonchev–Trinajstić information content (AvgIpc) is 2.30. The molecule has 0 saturated heterocycles. The van der Waals surface area contributed by atoms with Crippen molar-refractivity contribution in [2.24, 2.45) is 0 Å². The molecule has 0 heterocycles. The summed E-state index contributed by atoms with van der Waals surface area (Å²) in [5.74, 6) is 0. The zero-order chi connectivity index (χ0) is 15.7. The third kappa shape index (κ3) is 3.77. The second-order valence-corrected chi connectivity index (χ2v) is 6.51. The monoisotopic (exact) mass is 330 g/mol. The molecule has 0 aromatic heterocycles. The Morgan fingerprint density at radius 2 is 1.90 bits per heavy atom. The first kappa shape index (κ1) is 17.1. The van der Waals surface area contributed by atoms with E-state index < -0.39 is 22.7 Å². The number of halogens is 4. The van der Waals surface area contributed by atoms with Crippen LogP contribution in [0.2, 0.25) is 5.02 Å². The lowest BCUT2D eigenvalue weighted by Crippen LogP contribution is -2.38. The van der Waals surface area contributed by atoms with Crippen molar-refractivity contribution in [2.45, 2.75) is 24.9 Å². The molecular formula is C11H14ClF3N2O2S. The number of hydrogen-bond donors (Lipinski definition) is 1. The van der Waals surface area contributed by atoms with Gasteiger partial charge in [0.2, 0.25) is 10.0 Å². The van der Waals surface area contributed by atoms with Gasteiger partial charge in [-0.05, 0) is 24.6 Å². The van der Waals surface area contributed by atoms with Gasteiger partial charge < -0.3 is 5.73 Å². The number of alkyl halides is 3. The van der Waals surface area contributed by atoms with Crippen LogP contribution in [0.25, 0.3) is 0 Å². The molecule has 2 N–H and O–H groups in total. The van der Waals surface area contributed by atoms with Gasteiger partial charge >= 0.3 is 6.18 Å². The van der Waals surface area contributed by atoms with E-state index in [1.165, 1.54) is 19.9 Å². The Kier molecular flexibility index (Phi) is 4.94. The molecular weight excluding hydrogens is 317 g/mol. The van der Waals surface area contributed by atoms with Crippen molar-refractivity contribution in [3.05, 3.63) is 22.7 Å². The minimum atomic E-state index is -4.61. The van der Waals surface area contributed by atoms with E-state index in [1.54, 1.807) is 0 Å². The van der Waals surface area contributed by atoms with Crippen LogP contribution in [0.5, 0.6) is 0 Å². The van der Waals surface area contributed by atoms with Crippen molar-refractivity contribution in [3.8, 4) is 0 Å². The summed E-state index contributed by atoms with van der Waals surface area (Å²) in [4.78, 5) is -0.303. The average molecular weight is 331 g/mol. The number of aryl methyl sites for hydroxylation is 1. The van der Waals surface area contributed by atoms with Crippen molar-refractivity contribution in [2.75, 3.05) is 18.8 Å².